The van der Waals surface area contributed by atoms with Crippen LogP contribution in [0.25, 0.3) is 10.8 Å². The van der Waals surface area contributed by atoms with Crippen LogP contribution in [0.2, 0.25) is 0 Å². The molecule has 1 unspecified atom stereocenters. The van der Waals surface area contributed by atoms with E-state index in [2.05, 4.69) is 9.72 Å². The molecule has 0 aliphatic rings. The third-order valence-electron chi connectivity index (χ3n) is 6.07. The zero-order chi connectivity index (χ0) is 28.5. The summed E-state index contributed by atoms with van der Waals surface area (Å²) in [6.07, 6.45) is -5.95. The predicted molar refractivity (Wildman–Crippen MR) is 136 cm³/mol. The Hall–Kier alpha value is -4.19. The summed E-state index contributed by atoms with van der Waals surface area (Å²) in [5, 5.41) is 10.5. The molecule has 7 nitrogen and oxygen atoms in total. The van der Waals surface area contributed by atoms with E-state index in [9.17, 15) is 31.5 Å². The van der Waals surface area contributed by atoms with Crippen molar-refractivity contribution in [1.82, 2.24) is 4.98 Å². The largest absolute Gasteiger partial charge is 0.573 e. The first-order valence-corrected chi connectivity index (χ1v) is 13.0. The Labute approximate surface area is 221 Å². The Morgan fingerprint density at radius 1 is 1.08 bits per heavy atom. The van der Waals surface area contributed by atoms with E-state index in [1.54, 1.807) is 38.1 Å². The molecule has 0 aliphatic carbocycles. The number of aromatic carboxylic acids is 1. The van der Waals surface area contributed by atoms with Crippen molar-refractivity contribution in [2.24, 2.45) is 0 Å². The number of nitrogens with zero attached hydrogens (tertiary/aromatic N) is 2. The van der Waals surface area contributed by atoms with E-state index >= 15 is 4.39 Å². The standard InChI is InChI=1S/C27H22F4N2O5S/c1-3-17-14-19(10-13-23(17)38-27(29,30)31)24(28)33(25-16(2)22-7-5-4-6-20(22)15-32-25)39(36,37)21-11-8-18(9-12-21)26(34)35/h4-15,24H,3H2,1-2H3,(H,34,35). The van der Waals surface area contributed by atoms with Crippen molar-refractivity contribution in [3.8, 4) is 5.75 Å². The number of ether oxygens (including phenoxy) is 1. The summed E-state index contributed by atoms with van der Waals surface area (Å²) in [5.74, 6) is -2.05. The summed E-state index contributed by atoms with van der Waals surface area (Å²) in [6, 6.07) is 14.2. The third-order valence-corrected chi connectivity index (χ3v) is 7.81. The van der Waals surface area contributed by atoms with Crippen LogP contribution in [0.4, 0.5) is 23.4 Å². The number of fused-ring (bicyclic) bond motifs is 1. The van der Waals surface area contributed by atoms with E-state index in [0.29, 0.717) is 20.6 Å². The van der Waals surface area contributed by atoms with Crippen LogP contribution in [0.1, 0.15) is 40.3 Å². The number of carboxylic acids is 1. The fourth-order valence-corrected chi connectivity index (χ4v) is 5.62. The van der Waals surface area contributed by atoms with Crippen molar-refractivity contribution in [2.45, 2.75) is 37.8 Å². The highest BCUT2D eigenvalue weighted by molar-refractivity contribution is 7.92. The minimum Gasteiger partial charge on any atom is -0.478 e. The van der Waals surface area contributed by atoms with Crippen molar-refractivity contribution in [3.05, 3.63) is 95.2 Å². The Kier molecular flexibility index (Phi) is 7.51. The lowest BCUT2D eigenvalue weighted by Crippen LogP contribution is -2.34. The van der Waals surface area contributed by atoms with Gasteiger partial charge in [0, 0.05) is 22.7 Å². The summed E-state index contributed by atoms with van der Waals surface area (Å²) >= 11 is 0. The van der Waals surface area contributed by atoms with Crippen molar-refractivity contribution >= 4 is 32.6 Å². The summed E-state index contributed by atoms with van der Waals surface area (Å²) in [6.45, 7) is 3.12. The fraction of sp³-hybridized carbons (Fsp3) is 0.185. The van der Waals surface area contributed by atoms with Crippen LogP contribution >= 0.6 is 0 Å². The number of rotatable bonds is 8. The number of hydrogen-bond acceptors (Lipinski definition) is 5. The van der Waals surface area contributed by atoms with Crippen LogP contribution in [-0.4, -0.2) is 30.8 Å². The quantitative estimate of drug-likeness (QED) is 0.193. The molecule has 1 aromatic heterocycles. The number of carboxylic acid groups (broad SMARTS) is 1. The van der Waals surface area contributed by atoms with E-state index in [1.807, 2.05) is 0 Å². The van der Waals surface area contributed by atoms with Crippen LogP contribution in [0.15, 0.2) is 77.8 Å². The second-order valence-electron chi connectivity index (χ2n) is 8.53. The molecular weight excluding hydrogens is 540 g/mol. The molecule has 0 bridgehead atoms. The summed E-state index contributed by atoms with van der Waals surface area (Å²) < 4.78 is 87.1. The number of aryl methyl sites for hydroxylation is 2. The van der Waals surface area contributed by atoms with Gasteiger partial charge in [-0.1, -0.05) is 37.3 Å². The number of carbonyl (C=O) groups is 1. The van der Waals surface area contributed by atoms with Gasteiger partial charge in [0.2, 0.25) is 6.30 Å². The number of pyridine rings is 1. The molecule has 0 radical (unpaired) electrons. The lowest BCUT2D eigenvalue weighted by Gasteiger charge is -2.29. The average molecular weight is 563 g/mol. The molecule has 12 heteroatoms. The van der Waals surface area contributed by atoms with Crippen LogP contribution in [0.3, 0.4) is 0 Å². The monoisotopic (exact) mass is 562 g/mol. The molecule has 0 saturated carbocycles. The number of halogens is 4. The van der Waals surface area contributed by atoms with E-state index in [4.69, 9.17) is 0 Å². The van der Waals surface area contributed by atoms with Crippen LogP contribution < -0.4 is 9.04 Å². The molecule has 0 fully saturated rings. The Morgan fingerprint density at radius 3 is 2.36 bits per heavy atom. The van der Waals surface area contributed by atoms with Crippen LogP contribution in [0, 0.1) is 6.92 Å². The van der Waals surface area contributed by atoms with Gasteiger partial charge in [-0.05, 0) is 60.7 Å². The van der Waals surface area contributed by atoms with Gasteiger partial charge in [0.15, 0.2) is 0 Å². The van der Waals surface area contributed by atoms with Gasteiger partial charge in [-0.25, -0.2) is 26.9 Å². The lowest BCUT2D eigenvalue weighted by atomic mass is 10.1. The zero-order valence-electron chi connectivity index (χ0n) is 20.6. The molecule has 0 saturated heterocycles. The summed E-state index contributed by atoms with van der Waals surface area (Å²) in [5.41, 5.74) is -0.0698. The van der Waals surface area contributed by atoms with Gasteiger partial charge >= 0.3 is 12.3 Å². The molecular formula is C27H22F4N2O5S. The fourth-order valence-electron chi connectivity index (χ4n) is 4.13. The minimum absolute atomic E-state index is 0.0128. The second-order valence-corrected chi connectivity index (χ2v) is 10.3. The van der Waals surface area contributed by atoms with E-state index < -0.39 is 39.3 Å². The maximum atomic E-state index is 16.4. The summed E-state index contributed by atoms with van der Waals surface area (Å²) in [7, 11) is -4.70. The first kappa shape index (κ1) is 27.8. The highest BCUT2D eigenvalue weighted by Crippen LogP contribution is 2.39. The molecule has 0 aliphatic heterocycles. The Morgan fingerprint density at radius 2 is 1.74 bits per heavy atom. The molecule has 1 N–H and O–H groups in total. The van der Waals surface area contributed by atoms with E-state index in [-0.39, 0.29) is 28.9 Å². The van der Waals surface area contributed by atoms with Gasteiger partial charge in [0.05, 0.1) is 10.5 Å². The number of aromatic nitrogens is 1. The minimum atomic E-state index is -4.97. The van der Waals surface area contributed by atoms with Crippen molar-refractivity contribution < 1.29 is 40.6 Å². The SMILES string of the molecule is CCc1cc(C(F)N(c2ncc3ccccc3c2C)S(=O)(=O)c2ccc(C(=O)O)cc2)ccc1OC(F)(F)F. The number of sulfonamides is 1. The first-order valence-electron chi connectivity index (χ1n) is 11.6. The van der Waals surface area contributed by atoms with Gasteiger partial charge in [-0.15, -0.1) is 13.2 Å². The smallest absolute Gasteiger partial charge is 0.478 e. The summed E-state index contributed by atoms with van der Waals surface area (Å²) in [4.78, 5) is 15.1. The first-order chi connectivity index (χ1) is 18.3. The Balaban J connectivity index is 1.90. The maximum absolute atomic E-state index is 16.4. The molecule has 0 amide bonds. The van der Waals surface area contributed by atoms with Gasteiger partial charge in [-0.2, -0.15) is 0 Å². The normalized spacial score (nSPS) is 12.8. The number of alkyl halides is 4. The molecule has 1 atom stereocenters. The maximum Gasteiger partial charge on any atom is 0.573 e. The van der Waals surface area contributed by atoms with Gasteiger partial charge < -0.3 is 9.84 Å². The lowest BCUT2D eigenvalue weighted by molar-refractivity contribution is -0.274. The van der Waals surface area contributed by atoms with Gasteiger partial charge in [-0.3, -0.25) is 0 Å². The van der Waals surface area contributed by atoms with Crippen molar-refractivity contribution in [1.29, 1.82) is 0 Å². The highest BCUT2D eigenvalue weighted by atomic mass is 32.2. The van der Waals surface area contributed by atoms with Crippen molar-refractivity contribution in [2.75, 3.05) is 4.31 Å². The number of hydrogen-bond donors (Lipinski definition) is 1. The second kappa shape index (κ2) is 10.5. The van der Waals surface area contributed by atoms with Gasteiger partial charge in [0.1, 0.15) is 11.6 Å². The molecule has 204 valence electrons. The number of anilines is 1. The zero-order valence-corrected chi connectivity index (χ0v) is 21.4. The average Bonchev–Trinajstić information content (AvgIpc) is 2.89. The third kappa shape index (κ3) is 5.65. The Bertz CT molecular complexity index is 1640. The molecule has 39 heavy (non-hydrogen) atoms. The molecule has 3 aromatic carbocycles. The molecule has 4 rings (SSSR count). The van der Waals surface area contributed by atoms with Crippen LogP contribution in [0.5, 0.6) is 5.75 Å². The number of benzene rings is 3. The molecule has 4 aromatic rings. The van der Waals surface area contributed by atoms with E-state index in [1.165, 1.54) is 6.20 Å². The molecule has 0 spiro atoms. The van der Waals surface area contributed by atoms with E-state index in [0.717, 1.165) is 42.5 Å². The van der Waals surface area contributed by atoms with Crippen LogP contribution in [-0.2, 0) is 16.4 Å². The van der Waals surface area contributed by atoms with Gasteiger partial charge in [0.25, 0.3) is 10.0 Å². The predicted octanol–water partition coefficient (Wildman–Crippen LogP) is 6.57. The highest BCUT2D eigenvalue weighted by Gasteiger charge is 2.37. The van der Waals surface area contributed by atoms with Crippen molar-refractivity contribution in [3.63, 3.8) is 0 Å². The molecule has 1 heterocycles. The topological polar surface area (TPSA) is 96.8 Å².